The Morgan fingerprint density at radius 1 is 1.10 bits per heavy atom. The Morgan fingerprint density at radius 3 is 2.52 bits per heavy atom. The molecule has 1 amide bonds. The molecule has 6 nitrogen and oxygen atoms in total. The molecule has 0 bridgehead atoms. The maximum atomic E-state index is 12.9. The second-order valence-electron chi connectivity index (χ2n) is 7.16. The summed E-state index contributed by atoms with van der Waals surface area (Å²) in [6, 6.07) is 14.5. The fourth-order valence-corrected chi connectivity index (χ4v) is 4.41. The highest BCUT2D eigenvalue weighted by molar-refractivity contribution is 7.89. The van der Waals surface area contributed by atoms with Gasteiger partial charge >= 0.3 is 0 Å². The zero-order valence-corrected chi connectivity index (χ0v) is 17.5. The van der Waals surface area contributed by atoms with Crippen LogP contribution in [0.1, 0.15) is 21.5 Å². The van der Waals surface area contributed by atoms with E-state index in [1.54, 1.807) is 17.0 Å². The van der Waals surface area contributed by atoms with Crippen molar-refractivity contribution < 1.29 is 13.2 Å². The fourth-order valence-electron chi connectivity index (χ4n) is 3.37. The van der Waals surface area contributed by atoms with E-state index < -0.39 is 10.0 Å². The predicted molar refractivity (Wildman–Crippen MR) is 114 cm³/mol. The second-order valence-corrected chi connectivity index (χ2v) is 8.93. The largest absolute Gasteiger partial charge is 0.336 e. The van der Waals surface area contributed by atoms with Crippen LogP contribution in [0, 0.1) is 6.92 Å². The molecule has 2 aromatic carbocycles. The fraction of sp³-hybridized carbons (Fsp3) is 0.318. The van der Waals surface area contributed by atoms with Crippen LogP contribution in [0.4, 0.5) is 0 Å². The molecule has 1 aliphatic rings. The van der Waals surface area contributed by atoms with E-state index in [4.69, 9.17) is 0 Å². The summed E-state index contributed by atoms with van der Waals surface area (Å²) in [5.41, 5.74) is 2.96. The summed E-state index contributed by atoms with van der Waals surface area (Å²) in [6.45, 7) is 9.46. The molecule has 0 unspecified atom stereocenters. The molecule has 0 aromatic heterocycles. The lowest BCUT2D eigenvalue weighted by atomic mass is 10.1. The van der Waals surface area contributed by atoms with Crippen molar-refractivity contribution in [1.82, 2.24) is 14.5 Å². The van der Waals surface area contributed by atoms with E-state index in [1.807, 2.05) is 12.1 Å². The molecule has 0 radical (unpaired) electrons. The summed E-state index contributed by atoms with van der Waals surface area (Å²) in [5.74, 6) is -0.138. The van der Waals surface area contributed by atoms with Gasteiger partial charge in [0, 0.05) is 44.8 Å². The van der Waals surface area contributed by atoms with Crippen LogP contribution in [0.25, 0.3) is 0 Å². The number of amides is 1. The minimum absolute atomic E-state index is 0.0865. The molecular formula is C22H27N3O3S. The number of benzene rings is 2. The Morgan fingerprint density at radius 2 is 1.83 bits per heavy atom. The third-order valence-corrected chi connectivity index (χ3v) is 6.54. The van der Waals surface area contributed by atoms with Gasteiger partial charge in [0.05, 0.1) is 4.90 Å². The number of hydrogen-bond acceptors (Lipinski definition) is 4. The Hall–Kier alpha value is -2.48. The van der Waals surface area contributed by atoms with E-state index in [1.165, 1.54) is 29.3 Å². The van der Waals surface area contributed by atoms with Gasteiger partial charge in [-0.3, -0.25) is 9.69 Å². The Labute approximate surface area is 172 Å². The molecule has 1 saturated heterocycles. The van der Waals surface area contributed by atoms with E-state index in [0.717, 1.165) is 19.6 Å². The maximum Gasteiger partial charge on any atom is 0.253 e. The average Bonchev–Trinajstić information content (AvgIpc) is 2.74. The maximum absolute atomic E-state index is 12.9. The van der Waals surface area contributed by atoms with Gasteiger partial charge in [0.2, 0.25) is 10.0 Å². The van der Waals surface area contributed by atoms with Crippen LogP contribution in [-0.2, 0) is 16.6 Å². The molecule has 7 heteroatoms. The molecule has 154 valence electrons. The molecule has 3 rings (SSSR count). The molecule has 0 atom stereocenters. The molecule has 2 aromatic rings. The zero-order valence-electron chi connectivity index (χ0n) is 16.7. The van der Waals surface area contributed by atoms with Crippen molar-refractivity contribution >= 4 is 15.9 Å². The van der Waals surface area contributed by atoms with Crippen LogP contribution in [-0.4, -0.2) is 56.8 Å². The van der Waals surface area contributed by atoms with Crippen molar-refractivity contribution in [2.24, 2.45) is 0 Å². The molecule has 1 N–H and O–H groups in total. The zero-order chi connectivity index (χ0) is 20.9. The van der Waals surface area contributed by atoms with E-state index in [2.05, 4.69) is 35.3 Å². The topological polar surface area (TPSA) is 69.7 Å². The Balaban J connectivity index is 1.63. The van der Waals surface area contributed by atoms with Gasteiger partial charge in [0.15, 0.2) is 0 Å². The molecule has 0 saturated carbocycles. The summed E-state index contributed by atoms with van der Waals surface area (Å²) in [5, 5.41) is 0. The molecular weight excluding hydrogens is 386 g/mol. The third kappa shape index (κ3) is 5.32. The lowest BCUT2D eigenvalue weighted by Crippen LogP contribution is -2.48. The highest BCUT2D eigenvalue weighted by Gasteiger charge is 2.23. The minimum atomic E-state index is -3.66. The highest BCUT2D eigenvalue weighted by Crippen LogP contribution is 2.16. The van der Waals surface area contributed by atoms with Gasteiger partial charge in [-0.15, -0.1) is 6.58 Å². The van der Waals surface area contributed by atoms with Gasteiger partial charge in [-0.25, -0.2) is 13.1 Å². The van der Waals surface area contributed by atoms with Crippen molar-refractivity contribution in [1.29, 1.82) is 0 Å². The normalized spacial score (nSPS) is 15.3. The molecule has 1 aliphatic heterocycles. The number of carbonyl (C=O) groups excluding carboxylic acids is 1. The molecule has 0 spiro atoms. The van der Waals surface area contributed by atoms with Crippen molar-refractivity contribution in [2.45, 2.75) is 18.4 Å². The van der Waals surface area contributed by atoms with Crippen molar-refractivity contribution in [3.05, 3.63) is 77.9 Å². The van der Waals surface area contributed by atoms with Crippen molar-refractivity contribution in [3.8, 4) is 0 Å². The van der Waals surface area contributed by atoms with Crippen molar-refractivity contribution in [2.75, 3.05) is 32.7 Å². The van der Waals surface area contributed by atoms with Crippen LogP contribution < -0.4 is 4.72 Å². The van der Waals surface area contributed by atoms with Crippen molar-refractivity contribution in [3.63, 3.8) is 0 Å². The number of hydrogen-bond donors (Lipinski definition) is 1. The number of piperazine rings is 1. The summed E-state index contributed by atoms with van der Waals surface area (Å²) < 4.78 is 27.0. The molecule has 0 aliphatic carbocycles. The quantitative estimate of drug-likeness (QED) is 0.708. The van der Waals surface area contributed by atoms with Gasteiger partial charge in [0.1, 0.15) is 0 Å². The first-order valence-corrected chi connectivity index (χ1v) is 11.2. The number of carbonyl (C=O) groups is 1. The van der Waals surface area contributed by atoms with Gasteiger partial charge in [-0.05, 0) is 36.2 Å². The van der Waals surface area contributed by atoms with E-state index in [9.17, 15) is 13.2 Å². The first kappa shape index (κ1) is 21.2. The lowest BCUT2D eigenvalue weighted by Gasteiger charge is -2.35. The van der Waals surface area contributed by atoms with Crippen LogP contribution >= 0.6 is 0 Å². The second kappa shape index (κ2) is 9.35. The van der Waals surface area contributed by atoms with Crippen LogP contribution in [0.15, 0.2) is 66.1 Å². The number of aryl methyl sites for hydroxylation is 1. The van der Waals surface area contributed by atoms with Crippen LogP contribution in [0.3, 0.4) is 0 Å². The first-order valence-electron chi connectivity index (χ1n) is 9.67. The third-order valence-electron chi connectivity index (χ3n) is 5.12. The monoisotopic (exact) mass is 413 g/mol. The van der Waals surface area contributed by atoms with Gasteiger partial charge in [-0.2, -0.15) is 0 Å². The van der Waals surface area contributed by atoms with E-state index in [-0.39, 0.29) is 17.3 Å². The summed E-state index contributed by atoms with van der Waals surface area (Å²) in [7, 11) is -3.66. The Kier molecular flexibility index (Phi) is 6.84. The highest BCUT2D eigenvalue weighted by atomic mass is 32.2. The molecule has 29 heavy (non-hydrogen) atoms. The first-order chi connectivity index (χ1) is 13.9. The summed E-state index contributed by atoms with van der Waals surface area (Å²) >= 11 is 0. The number of nitrogens with one attached hydrogen (secondary N) is 1. The van der Waals surface area contributed by atoms with E-state index in [0.29, 0.717) is 18.7 Å². The standard InChI is InChI=1S/C22H27N3O3S/c1-3-11-23-29(27,28)21-10-6-9-19(16-21)22(26)25-14-12-24(13-15-25)17-20-8-5-4-7-18(20)2/h3-10,16,23H,1,11-15,17H2,2H3. The predicted octanol–water partition coefficient (Wildman–Crippen LogP) is 2.42. The smallest absolute Gasteiger partial charge is 0.253 e. The van der Waals surface area contributed by atoms with Crippen LogP contribution in [0.5, 0.6) is 0 Å². The van der Waals surface area contributed by atoms with Gasteiger partial charge in [-0.1, -0.05) is 36.4 Å². The SMILES string of the molecule is C=CCNS(=O)(=O)c1cccc(C(=O)N2CCN(Cc3ccccc3C)CC2)c1. The Bertz CT molecular complexity index is 980. The number of rotatable bonds is 7. The summed E-state index contributed by atoms with van der Waals surface area (Å²) in [4.78, 5) is 17.1. The van der Waals surface area contributed by atoms with Gasteiger partial charge < -0.3 is 4.90 Å². The average molecular weight is 414 g/mol. The summed E-state index contributed by atoms with van der Waals surface area (Å²) in [6.07, 6.45) is 1.48. The van der Waals surface area contributed by atoms with E-state index >= 15 is 0 Å². The molecule has 1 heterocycles. The molecule has 1 fully saturated rings. The number of nitrogens with zero attached hydrogens (tertiary/aromatic N) is 2. The van der Waals surface area contributed by atoms with Gasteiger partial charge in [0.25, 0.3) is 5.91 Å². The lowest BCUT2D eigenvalue weighted by molar-refractivity contribution is 0.0628. The number of sulfonamides is 1. The van der Waals surface area contributed by atoms with Crippen LogP contribution in [0.2, 0.25) is 0 Å². The minimum Gasteiger partial charge on any atom is -0.336 e.